The van der Waals surface area contributed by atoms with Crippen LogP contribution in [0.25, 0.3) is 0 Å². The maximum Gasteiger partial charge on any atom is 0.254 e. The molecular weight excluding hydrogens is 233 g/mol. The minimum atomic E-state index is -0.594. The molecule has 1 saturated carbocycles. The van der Waals surface area contributed by atoms with Gasteiger partial charge in [-0.3, -0.25) is 9.78 Å². The smallest absolute Gasteiger partial charge is 0.254 e. The van der Waals surface area contributed by atoms with Crippen LogP contribution in [0.5, 0.6) is 0 Å². The number of pyridine rings is 1. The van der Waals surface area contributed by atoms with Gasteiger partial charge in [0.15, 0.2) is 5.82 Å². The van der Waals surface area contributed by atoms with Crippen molar-refractivity contribution in [3.8, 4) is 0 Å². The molecule has 2 atom stereocenters. The van der Waals surface area contributed by atoms with Gasteiger partial charge in [-0.05, 0) is 24.8 Å². The average molecular weight is 251 g/mol. The Labute approximate surface area is 106 Å². The van der Waals surface area contributed by atoms with Crippen molar-refractivity contribution in [1.82, 2.24) is 10.3 Å². The largest absolute Gasteiger partial charge is 0.352 e. The zero-order valence-corrected chi connectivity index (χ0v) is 10.2. The molecule has 0 radical (unpaired) electrons. The number of nitrogens with one attached hydrogen (secondary N) is 1. The highest BCUT2D eigenvalue weighted by Crippen LogP contribution is 2.22. The zero-order valence-electron chi connectivity index (χ0n) is 10.2. The molecule has 2 unspecified atom stereocenters. The fourth-order valence-corrected chi connectivity index (χ4v) is 2.37. The van der Waals surface area contributed by atoms with Gasteiger partial charge in [0.1, 0.15) is 0 Å². The Balaban J connectivity index is 1.90. The maximum absolute atomic E-state index is 13.3. The summed E-state index contributed by atoms with van der Waals surface area (Å²) in [7, 11) is 0. The van der Waals surface area contributed by atoms with Crippen LogP contribution in [0.3, 0.4) is 0 Å². The van der Waals surface area contributed by atoms with E-state index >= 15 is 0 Å². The number of carbonyl (C=O) groups excluding carboxylic acids is 1. The van der Waals surface area contributed by atoms with Gasteiger partial charge in [0.05, 0.1) is 11.8 Å². The van der Waals surface area contributed by atoms with Gasteiger partial charge in [0.25, 0.3) is 5.91 Å². The molecule has 0 aliphatic heterocycles. The lowest BCUT2D eigenvalue weighted by Crippen LogP contribution is -2.41. The molecular formula is C13H18FN3O. The Hall–Kier alpha value is -1.49. The first kappa shape index (κ1) is 13.0. The predicted molar refractivity (Wildman–Crippen MR) is 66.5 cm³/mol. The monoisotopic (exact) mass is 251 g/mol. The molecule has 1 fully saturated rings. The average Bonchev–Trinajstić information content (AvgIpc) is 2.38. The van der Waals surface area contributed by atoms with E-state index < -0.39 is 11.7 Å². The summed E-state index contributed by atoms with van der Waals surface area (Å²) in [4.78, 5) is 15.4. The van der Waals surface area contributed by atoms with Crippen LogP contribution in [0.15, 0.2) is 18.5 Å². The number of aromatic nitrogens is 1. The second-order valence-corrected chi connectivity index (χ2v) is 4.77. The fourth-order valence-electron chi connectivity index (χ4n) is 2.37. The van der Waals surface area contributed by atoms with Gasteiger partial charge in [0.2, 0.25) is 0 Å². The molecule has 1 aromatic rings. The van der Waals surface area contributed by atoms with Gasteiger partial charge < -0.3 is 11.1 Å². The molecule has 1 aliphatic rings. The highest BCUT2D eigenvalue weighted by molar-refractivity contribution is 5.94. The van der Waals surface area contributed by atoms with Crippen LogP contribution in [-0.2, 0) is 0 Å². The van der Waals surface area contributed by atoms with Gasteiger partial charge in [0, 0.05) is 18.8 Å². The highest BCUT2D eigenvalue weighted by atomic mass is 19.1. The first-order valence-electron chi connectivity index (χ1n) is 6.32. The first-order valence-corrected chi connectivity index (χ1v) is 6.32. The number of nitrogens with zero attached hydrogens (tertiary/aromatic N) is 1. The van der Waals surface area contributed by atoms with E-state index in [1.807, 2.05) is 0 Å². The molecule has 18 heavy (non-hydrogen) atoms. The first-order chi connectivity index (χ1) is 8.68. The van der Waals surface area contributed by atoms with Crippen molar-refractivity contribution in [2.75, 3.05) is 6.54 Å². The number of hydrogen-bond acceptors (Lipinski definition) is 3. The quantitative estimate of drug-likeness (QED) is 0.854. The number of carbonyl (C=O) groups is 1. The van der Waals surface area contributed by atoms with Crippen molar-refractivity contribution in [3.63, 3.8) is 0 Å². The summed E-state index contributed by atoms with van der Waals surface area (Å²) in [6, 6.07) is 1.52. The molecule has 0 bridgehead atoms. The van der Waals surface area contributed by atoms with Crippen LogP contribution in [-0.4, -0.2) is 23.5 Å². The molecule has 1 aromatic heterocycles. The molecule has 3 N–H and O–H groups in total. The summed E-state index contributed by atoms with van der Waals surface area (Å²) < 4.78 is 13.3. The lowest BCUT2D eigenvalue weighted by molar-refractivity contribution is 0.0937. The SMILES string of the molecule is NC1CCCCC1CNC(=O)c1ccncc1F. The third-order valence-electron chi connectivity index (χ3n) is 3.51. The van der Waals surface area contributed by atoms with E-state index in [-0.39, 0.29) is 11.6 Å². The van der Waals surface area contributed by atoms with E-state index in [4.69, 9.17) is 5.73 Å². The Morgan fingerprint density at radius 1 is 1.50 bits per heavy atom. The van der Waals surface area contributed by atoms with Gasteiger partial charge >= 0.3 is 0 Å². The van der Waals surface area contributed by atoms with Gasteiger partial charge in [-0.15, -0.1) is 0 Å². The lowest BCUT2D eigenvalue weighted by Gasteiger charge is -2.28. The molecule has 2 rings (SSSR count). The number of rotatable bonds is 3. The standard InChI is InChI=1S/C13H18FN3O/c14-11-8-16-6-5-10(11)13(18)17-7-9-3-1-2-4-12(9)15/h5-6,8-9,12H,1-4,7,15H2,(H,17,18). The summed E-state index contributed by atoms with van der Waals surface area (Å²) in [5.41, 5.74) is 6.03. The van der Waals surface area contributed by atoms with Crippen molar-refractivity contribution < 1.29 is 9.18 Å². The van der Waals surface area contributed by atoms with Crippen LogP contribution < -0.4 is 11.1 Å². The van der Waals surface area contributed by atoms with Gasteiger partial charge in [-0.25, -0.2) is 4.39 Å². The van der Waals surface area contributed by atoms with Crippen molar-refractivity contribution in [1.29, 1.82) is 0 Å². The second-order valence-electron chi connectivity index (χ2n) is 4.77. The Morgan fingerprint density at radius 2 is 2.28 bits per heavy atom. The van der Waals surface area contributed by atoms with Crippen LogP contribution >= 0.6 is 0 Å². The van der Waals surface area contributed by atoms with Crippen molar-refractivity contribution in [3.05, 3.63) is 29.8 Å². The third-order valence-corrected chi connectivity index (χ3v) is 3.51. The number of amides is 1. The summed E-state index contributed by atoms with van der Waals surface area (Å²) in [5, 5.41) is 2.75. The van der Waals surface area contributed by atoms with E-state index in [9.17, 15) is 9.18 Å². The van der Waals surface area contributed by atoms with Crippen molar-refractivity contribution in [2.24, 2.45) is 11.7 Å². The van der Waals surface area contributed by atoms with E-state index in [0.29, 0.717) is 12.5 Å². The van der Waals surface area contributed by atoms with Crippen molar-refractivity contribution in [2.45, 2.75) is 31.7 Å². The Bertz CT molecular complexity index is 424. The minimum Gasteiger partial charge on any atom is -0.352 e. The van der Waals surface area contributed by atoms with E-state index in [1.165, 1.54) is 12.3 Å². The van der Waals surface area contributed by atoms with E-state index in [0.717, 1.165) is 31.9 Å². The zero-order chi connectivity index (χ0) is 13.0. The number of hydrogen-bond donors (Lipinski definition) is 2. The molecule has 0 saturated heterocycles. The number of halogens is 1. The molecule has 0 spiro atoms. The molecule has 4 nitrogen and oxygen atoms in total. The van der Waals surface area contributed by atoms with E-state index in [1.54, 1.807) is 0 Å². The summed E-state index contributed by atoms with van der Waals surface area (Å²) in [6.07, 6.45) is 6.79. The summed E-state index contributed by atoms with van der Waals surface area (Å²) in [6.45, 7) is 0.516. The molecule has 98 valence electrons. The lowest BCUT2D eigenvalue weighted by atomic mass is 9.85. The fraction of sp³-hybridized carbons (Fsp3) is 0.538. The van der Waals surface area contributed by atoms with E-state index in [2.05, 4.69) is 10.3 Å². The van der Waals surface area contributed by atoms with Crippen LogP contribution in [0.4, 0.5) is 4.39 Å². The topological polar surface area (TPSA) is 68.0 Å². The minimum absolute atomic E-state index is 0.0365. The molecule has 0 aromatic carbocycles. The number of nitrogens with two attached hydrogens (primary N) is 1. The molecule has 1 aliphatic carbocycles. The molecule has 1 amide bonds. The highest BCUT2D eigenvalue weighted by Gasteiger charge is 2.22. The van der Waals surface area contributed by atoms with Crippen molar-refractivity contribution >= 4 is 5.91 Å². The van der Waals surface area contributed by atoms with Crippen LogP contribution in [0, 0.1) is 11.7 Å². The molecule has 5 heteroatoms. The van der Waals surface area contributed by atoms with Crippen LogP contribution in [0.2, 0.25) is 0 Å². The van der Waals surface area contributed by atoms with Gasteiger partial charge in [-0.1, -0.05) is 12.8 Å². The van der Waals surface area contributed by atoms with Gasteiger partial charge in [-0.2, -0.15) is 0 Å². The second kappa shape index (κ2) is 5.91. The van der Waals surface area contributed by atoms with Crippen LogP contribution in [0.1, 0.15) is 36.0 Å². The summed E-state index contributed by atoms with van der Waals surface area (Å²) >= 11 is 0. The molecule has 1 heterocycles. The normalized spacial score (nSPS) is 23.7. The third kappa shape index (κ3) is 3.04. The predicted octanol–water partition coefficient (Wildman–Crippen LogP) is 1.47. The summed E-state index contributed by atoms with van der Waals surface area (Å²) in [5.74, 6) is -0.691. The Morgan fingerprint density at radius 3 is 3.00 bits per heavy atom. The maximum atomic E-state index is 13.3. The Kier molecular flexibility index (Phi) is 4.25.